The maximum atomic E-state index is 12.1. The van der Waals surface area contributed by atoms with Gasteiger partial charge in [0.15, 0.2) is 0 Å². The Morgan fingerprint density at radius 2 is 1.86 bits per heavy atom. The molecule has 0 aromatic rings. The summed E-state index contributed by atoms with van der Waals surface area (Å²) < 4.78 is 17.0. The molecule has 0 spiro atoms. The zero-order valence-electron chi connectivity index (χ0n) is 12.9. The summed E-state index contributed by atoms with van der Waals surface area (Å²) in [5.41, 5.74) is -0.869. The van der Waals surface area contributed by atoms with Gasteiger partial charge in [0.1, 0.15) is 11.6 Å². The van der Waals surface area contributed by atoms with Gasteiger partial charge in [-0.15, -0.1) is 0 Å². The standard InChI is InChI=1S/C14H22FNO6/c1-14(2,3)22-13(21)16-10(12(19)20)7-6-9(11(17)18)5-4-8-15/h6,10H,4-5,7-8H2,1-3H3,(H,16,21)(H,17,18)(H,19,20)/b9-6+/t10-/m0/s1. The van der Waals surface area contributed by atoms with Gasteiger partial charge in [-0.2, -0.15) is 0 Å². The fourth-order valence-electron chi connectivity index (χ4n) is 1.48. The highest BCUT2D eigenvalue weighted by Gasteiger charge is 2.23. The number of carboxylic acid groups (broad SMARTS) is 2. The number of hydrogen-bond acceptors (Lipinski definition) is 4. The summed E-state index contributed by atoms with van der Waals surface area (Å²) in [4.78, 5) is 33.6. The van der Waals surface area contributed by atoms with E-state index in [1.54, 1.807) is 20.8 Å². The van der Waals surface area contributed by atoms with Gasteiger partial charge >= 0.3 is 18.0 Å². The molecule has 0 aliphatic heterocycles. The number of hydrogen-bond donors (Lipinski definition) is 3. The quantitative estimate of drug-likeness (QED) is 0.591. The van der Waals surface area contributed by atoms with Crippen LogP contribution in [0.1, 0.15) is 40.0 Å². The first-order valence-electron chi connectivity index (χ1n) is 6.77. The fourth-order valence-corrected chi connectivity index (χ4v) is 1.48. The van der Waals surface area contributed by atoms with Crippen LogP contribution in [0.5, 0.6) is 0 Å². The zero-order valence-corrected chi connectivity index (χ0v) is 12.9. The van der Waals surface area contributed by atoms with Gasteiger partial charge in [0, 0.05) is 5.57 Å². The Labute approximate surface area is 128 Å². The van der Waals surface area contributed by atoms with Crippen LogP contribution in [-0.4, -0.2) is 46.6 Å². The molecule has 3 N–H and O–H groups in total. The number of alkyl halides is 1. The molecule has 1 amide bonds. The molecule has 1 atom stereocenters. The monoisotopic (exact) mass is 319 g/mol. The molecule has 0 aliphatic carbocycles. The number of halogens is 1. The van der Waals surface area contributed by atoms with E-state index in [-0.39, 0.29) is 24.8 Å². The largest absolute Gasteiger partial charge is 0.480 e. The molecule has 0 rings (SSSR count). The molecular weight excluding hydrogens is 297 g/mol. The van der Waals surface area contributed by atoms with Crippen molar-refractivity contribution >= 4 is 18.0 Å². The fraction of sp³-hybridized carbons (Fsp3) is 0.643. The molecule has 0 aliphatic rings. The Bertz CT molecular complexity index is 441. The second-order valence-corrected chi connectivity index (χ2v) is 5.60. The van der Waals surface area contributed by atoms with E-state index < -0.39 is 36.3 Å². The van der Waals surface area contributed by atoms with E-state index in [1.165, 1.54) is 6.08 Å². The summed E-state index contributed by atoms with van der Waals surface area (Å²) in [5, 5.41) is 20.1. The van der Waals surface area contributed by atoms with E-state index in [1.807, 2.05) is 0 Å². The molecule has 0 saturated carbocycles. The lowest BCUT2D eigenvalue weighted by Gasteiger charge is -2.21. The van der Waals surface area contributed by atoms with E-state index >= 15 is 0 Å². The minimum atomic E-state index is -1.32. The number of carbonyl (C=O) groups is 3. The number of amides is 1. The summed E-state index contributed by atoms with van der Waals surface area (Å²) >= 11 is 0. The number of alkyl carbamates (subject to hydrolysis) is 1. The summed E-state index contributed by atoms with van der Waals surface area (Å²) in [6.45, 7) is 4.22. The lowest BCUT2D eigenvalue weighted by atomic mass is 10.1. The molecule has 0 saturated heterocycles. The van der Waals surface area contributed by atoms with E-state index in [0.29, 0.717) is 0 Å². The predicted molar refractivity (Wildman–Crippen MR) is 76.3 cm³/mol. The van der Waals surface area contributed by atoms with Gasteiger partial charge in [0.25, 0.3) is 0 Å². The third-order valence-corrected chi connectivity index (χ3v) is 2.44. The lowest BCUT2D eigenvalue weighted by molar-refractivity contribution is -0.139. The number of ether oxygens (including phenoxy) is 1. The maximum absolute atomic E-state index is 12.1. The first-order chi connectivity index (χ1) is 10.1. The SMILES string of the molecule is CC(C)(C)OC(=O)N[C@@H](C/C=C(\CCCF)C(=O)O)C(=O)O. The number of carboxylic acids is 2. The molecule has 8 heteroatoms. The van der Waals surface area contributed by atoms with Crippen molar-refractivity contribution in [1.82, 2.24) is 5.32 Å². The molecule has 22 heavy (non-hydrogen) atoms. The Morgan fingerprint density at radius 1 is 1.27 bits per heavy atom. The van der Waals surface area contributed by atoms with Crippen LogP contribution >= 0.6 is 0 Å². The molecule has 0 aromatic carbocycles. The van der Waals surface area contributed by atoms with E-state index in [2.05, 4.69) is 5.32 Å². The van der Waals surface area contributed by atoms with Crippen molar-refractivity contribution in [2.24, 2.45) is 0 Å². The summed E-state index contributed by atoms with van der Waals surface area (Å²) in [6, 6.07) is -1.32. The highest BCUT2D eigenvalue weighted by molar-refractivity contribution is 5.87. The Kier molecular flexibility index (Phi) is 8.14. The number of carbonyl (C=O) groups excluding carboxylic acids is 1. The molecule has 0 heterocycles. The zero-order chi connectivity index (χ0) is 17.3. The molecule has 0 radical (unpaired) electrons. The van der Waals surface area contributed by atoms with Crippen LogP contribution in [-0.2, 0) is 14.3 Å². The van der Waals surface area contributed by atoms with E-state index in [4.69, 9.17) is 14.9 Å². The Balaban J connectivity index is 4.79. The Morgan fingerprint density at radius 3 is 2.27 bits per heavy atom. The van der Waals surface area contributed by atoms with Gasteiger partial charge < -0.3 is 20.3 Å². The minimum absolute atomic E-state index is 0.00932. The van der Waals surface area contributed by atoms with Crippen molar-refractivity contribution in [3.8, 4) is 0 Å². The average Bonchev–Trinajstić information content (AvgIpc) is 2.34. The van der Waals surface area contributed by atoms with E-state index in [9.17, 15) is 18.8 Å². The summed E-state index contributed by atoms with van der Waals surface area (Å²) in [7, 11) is 0. The van der Waals surface area contributed by atoms with Crippen LogP contribution in [0, 0.1) is 0 Å². The number of nitrogens with one attached hydrogen (secondary N) is 1. The van der Waals surface area contributed by atoms with Gasteiger partial charge in [0.05, 0.1) is 6.67 Å². The van der Waals surface area contributed by atoms with Gasteiger partial charge in [-0.25, -0.2) is 14.4 Å². The van der Waals surface area contributed by atoms with Crippen LogP contribution in [0.2, 0.25) is 0 Å². The van der Waals surface area contributed by atoms with Crippen molar-refractivity contribution in [2.75, 3.05) is 6.67 Å². The van der Waals surface area contributed by atoms with Crippen molar-refractivity contribution in [3.63, 3.8) is 0 Å². The van der Waals surface area contributed by atoms with Crippen molar-refractivity contribution in [1.29, 1.82) is 0 Å². The van der Waals surface area contributed by atoms with E-state index in [0.717, 1.165) is 0 Å². The highest BCUT2D eigenvalue weighted by atomic mass is 19.1. The lowest BCUT2D eigenvalue weighted by Crippen LogP contribution is -2.43. The molecule has 0 fully saturated rings. The third-order valence-electron chi connectivity index (χ3n) is 2.44. The van der Waals surface area contributed by atoms with Crippen LogP contribution in [0.15, 0.2) is 11.6 Å². The molecular formula is C14H22FNO6. The first kappa shape index (κ1) is 19.9. The van der Waals surface area contributed by atoms with Crippen LogP contribution in [0.25, 0.3) is 0 Å². The second kappa shape index (κ2) is 9.01. The van der Waals surface area contributed by atoms with Crippen molar-refractivity contribution in [2.45, 2.75) is 51.7 Å². The number of aliphatic carboxylic acids is 2. The predicted octanol–water partition coefficient (Wildman–Crippen LogP) is 2.12. The second-order valence-electron chi connectivity index (χ2n) is 5.60. The molecule has 126 valence electrons. The Hall–Kier alpha value is -2.12. The smallest absolute Gasteiger partial charge is 0.408 e. The summed E-state index contributed by atoms with van der Waals surface area (Å²) in [6.07, 6.45) is 0.0605. The summed E-state index contributed by atoms with van der Waals surface area (Å²) in [5.74, 6) is -2.56. The minimum Gasteiger partial charge on any atom is -0.480 e. The van der Waals surface area contributed by atoms with Gasteiger partial charge in [0.2, 0.25) is 0 Å². The molecule has 7 nitrogen and oxygen atoms in total. The normalized spacial score (nSPS) is 13.4. The maximum Gasteiger partial charge on any atom is 0.408 e. The van der Waals surface area contributed by atoms with Crippen molar-refractivity contribution < 1.29 is 33.7 Å². The molecule has 0 bridgehead atoms. The van der Waals surface area contributed by atoms with Gasteiger partial charge in [-0.05, 0) is 40.0 Å². The molecule has 0 unspecified atom stereocenters. The van der Waals surface area contributed by atoms with Crippen molar-refractivity contribution in [3.05, 3.63) is 11.6 Å². The third kappa shape index (κ3) is 8.93. The van der Waals surface area contributed by atoms with Gasteiger partial charge in [-0.1, -0.05) is 6.08 Å². The van der Waals surface area contributed by atoms with Crippen LogP contribution in [0.4, 0.5) is 9.18 Å². The topological polar surface area (TPSA) is 113 Å². The van der Waals surface area contributed by atoms with Gasteiger partial charge in [-0.3, -0.25) is 4.39 Å². The van der Waals surface area contributed by atoms with Crippen LogP contribution in [0.3, 0.4) is 0 Å². The molecule has 0 aromatic heterocycles. The number of rotatable bonds is 8. The first-order valence-corrected chi connectivity index (χ1v) is 6.77. The van der Waals surface area contributed by atoms with Crippen LogP contribution < -0.4 is 5.32 Å². The highest BCUT2D eigenvalue weighted by Crippen LogP contribution is 2.10. The average molecular weight is 319 g/mol.